The average Bonchev–Trinajstić information content (AvgIpc) is 3.26. The van der Waals surface area contributed by atoms with Gasteiger partial charge in [0.2, 0.25) is 0 Å². The molecule has 1 aliphatic carbocycles. The van der Waals surface area contributed by atoms with Crippen molar-refractivity contribution in [2.75, 3.05) is 0 Å². The van der Waals surface area contributed by atoms with E-state index in [1.807, 2.05) is 42.5 Å². The number of ketones is 1. The molecule has 2 heterocycles. The Morgan fingerprint density at radius 1 is 0.931 bits per heavy atom. The second-order valence-electron chi connectivity index (χ2n) is 6.89. The molecule has 7 heteroatoms. The summed E-state index contributed by atoms with van der Waals surface area (Å²) in [5, 5.41) is 12.5. The summed E-state index contributed by atoms with van der Waals surface area (Å²) in [7, 11) is 0. The molecule has 0 fully saturated rings. The molecule has 0 atom stereocenters. The molecule has 0 saturated carbocycles. The van der Waals surface area contributed by atoms with Crippen molar-refractivity contribution in [2.45, 2.75) is 12.8 Å². The quantitative estimate of drug-likeness (QED) is 0.642. The maximum Gasteiger partial charge on any atom is 0.293 e. The van der Waals surface area contributed by atoms with Gasteiger partial charge >= 0.3 is 0 Å². The Kier molecular flexibility index (Phi) is 3.92. The number of nitrogens with one attached hydrogen (secondary N) is 1. The van der Waals surface area contributed by atoms with Crippen LogP contribution < -0.4 is 5.32 Å². The molecule has 0 radical (unpaired) electrons. The van der Waals surface area contributed by atoms with Crippen LogP contribution in [0.2, 0.25) is 0 Å². The van der Waals surface area contributed by atoms with Gasteiger partial charge in [0.25, 0.3) is 11.8 Å². The standard InChI is InChI=1S/C22H14N2O4S/c25-18-14-4-2-1-3-11(14)5-6-12-7-8-13(9-15(12)18)22-23-10-16(29-22)17-19(26)21(28)24-20(17)27/h1-4,7-10H,5-6H2,(H2,24,26,27,28). The summed E-state index contributed by atoms with van der Waals surface area (Å²) >= 11 is 1.18. The maximum absolute atomic E-state index is 13.1. The number of benzene rings is 2. The summed E-state index contributed by atoms with van der Waals surface area (Å²) in [5.74, 6) is -2.06. The number of nitrogens with zero attached hydrogens (tertiary/aromatic N) is 1. The number of imide groups is 1. The highest BCUT2D eigenvalue weighted by atomic mass is 32.1. The predicted molar refractivity (Wildman–Crippen MR) is 108 cm³/mol. The number of fused-ring (bicyclic) bond motifs is 2. The molecule has 0 bridgehead atoms. The van der Waals surface area contributed by atoms with Crippen LogP contribution in [-0.4, -0.2) is 27.7 Å². The van der Waals surface area contributed by atoms with Crippen molar-refractivity contribution in [1.29, 1.82) is 0 Å². The van der Waals surface area contributed by atoms with Crippen molar-refractivity contribution in [3.8, 4) is 10.6 Å². The van der Waals surface area contributed by atoms with Crippen molar-refractivity contribution in [1.82, 2.24) is 10.3 Å². The number of carbonyl (C=O) groups excluding carboxylic acids is 3. The highest BCUT2D eigenvalue weighted by molar-refractivity contribution is 7.16. The molecular formula is C22H14N2O4S. The monoisotopic (exact) mass is 402 g/mol. The lowest BCUT2D eigenvalue weighted by molar-refractivity contribution is -0.124. The number of amides is 2. The fourth-order valence-electron chi connectivity index (χ4n) is 3.71. The van der Waals surface area contributed by atoms with Gasteiger partial charge in [-0.15, -0.1) is 11.3 Å². The third kappa shape index (κ3) is 2.78. The van der Waals surface area contributed by atoms with Crippen LogP contribution in [0, 0.1) is 0 Å². The number of aromatic nitrogens is 1. The molecule has 0 unspecified atom stereocenters. The zero-order valence-electron chi connectivity index (χ0n) is 15.1. The van der Waals surface area contributed by atoms with Crippen LogP contribution in [0.1, 0.15) is 31.9 Å². The van der Waals surface area contributed by atoms with E-state index in [1.54, 1.807) is 0 Å². The highest BCUT2D eigenvalue weighted by Crippen LogP contribution is 2.34. The Morgan fingerprint density at radius 2 is 1.69 bits per heavy atom. The van der Waals surface area contributed by atoms with Crippen molar-refractivity contribution < 1.29 is 19.5 Å². The number of aryl methyl sites for hydroxylation is 2. The van der Waals surface area contributed by atoms with Crippen LogP contribution >= 0.6 is 11.3 Å². The van der Waals surface area contributed by atoms with E-state index >= 15 is 0 Å². The van der Waals surface area contributed by atoms with E-state index in [4.69, 9.17) is 0 Å². The molecule has 5 rings (SSSR count). The van der Waals surface area contributed by atoms with Crippen molar-refractivity contribution in [2.24, 2.45) is 0 Å². The molecule has 0 spiro atoms. The van der Waals surface area contributed by atoms with Gasteiger partial charge in [-0.1, -0.05) is 36.4 Å². The average molecular weight is 402 g/mol. The van der Waals surface area contributed by atoms with Crippen molar-refractivity contribution >= 4 is 34.5 Å². The summed E-state index contributed by atoms with van der Waals surface area (Å²) < 4.78 is 0. The second-order valence-corrected chi connectivity index (χ2v) is 7.93. The van der Waals surface area contributed by atoms with Crippen LogP contribution in [0.25, 0.3) is 16.1 Å². The third-order valence-electron chi connectivity index (χ3n) is 5.19. The molecule has 29 heavy (non-hydrogen) atoms. The van der Waals surface area contributed by atoms with E-state index in [0.717, 1.165) is 35.1 Å². The second kappa shape index (κ2) is 6.49. The van der Waals surface area contributed by atoms with E-state index in [0.29, 0.717) is 15.4 Å². The zero-order chi connectivity index (χ0) is 20.1. The van der Waals surface area contributed by atoms with Crippen LogP contribution in [0.4, 0.5) is 0 Å². The summed E-state index contributed by atoms with van der Waals surface area (Å²) in [5.41, 5.74) is 4.09. The van der Waals surface area contributed by atoms with Gasteiger partial charge in [-0.05, 0) is 30.0 Å². The first kappa shape index (κ1) is 17.5. The van der Waals surface area contributed by atoms with Crippen LogP contribution in [0.3, 0.4) is 0 Å². The van der Waals surface area contributed by atoms with Crippen LogP contribution in [0.15, 0.2) is 54.4 Å². The molecule has 2 aliphatic rings. The number of aliphatic hydroxyl groups is 1. The minimum atomic E-state index is -0.811. The highest BCUT2D eigenvalue weighted by Gasteiger charge is 2.32. The van der Waals surface area contributed by atoms with Crippen LogP contribution in [0.5, 0.6) is 0 Å². The van der Waals surface area contributed by atoms with Gasteiger partial charge < -0.3 is 5.11 Å². The summed E-state index contributed by atoms with van der Waals surface area (Å²) in [6, 6.07) is 13.3. The summed E-state index contributed by atoms with van der Waals surface area (Å²) in [6.07, 6.45) is 3.04. The van der Waals surface area contributed by atoms with Gasteiger partial charge in [0.15, 0.2) is 11.5 Å². The molecule has 0 saturated heterocycles. The third-order valence-corrected chi connectivity index (χ3v) is 6.25. The molecule has 1 aromatic heterocycles. The fourth-order valence-corrected chi connectivity index (χ4v) is 4.67. The number of aliphatic hydroxyl groups excluding tert-OH is 1. The minimum Gasteiger partial charge on any atom is -0.502 e. The van der Waals surface area contributed by atoms with Crippen LogP contribution in [-0.2, 0) is 22.4 Å². The van der Waals surface area contributed by atoms with Gasteiger partial charge in [-0.2, -0.15) is 0 Å². The molecule has 142 valence electrons. The summed E-state index contributed by atoms with van der Waals surface area (Å²) in [6.45, 7) is 0. The summed E-state index contributed by atoms with van der Waals surface area (Å²) in [4.78, 5) is 41.2. The molecule has 1 aliphatic heterocycles. The topological polar surface area (TPSA) is 96.4 Å². The van der Waals surface area contributed by atoms with E-state index in [2.05, 4.69) is 10.3 Å². The lowest BCUT2D eigenvalue weighted by Gasteiger charge is -2.07. The zero-order valence-corrected chi connectivity index (χ0v) is 15.9. The van der Waals surface area contributed by atoms with Gasteiger partial charge in [0.1, 0.15) is 10.6 Å². The number of thiazole rings is 1. The first-order chi connectivity index (χ1) is 14.0. The number of hydrogen-bond acceptors (Lipinski definition) is 6. The van der Waals surface area contributed by atoms with E-state index in [-0.39, 0.29) is 11.4 Å². The number of carbonyl (C=O) groups is 3. The van der Waals surface area contributed by atoms with Gasteiger partial charge in [-0.25, -0.2) is 4.98 Å². The lowest BCUT2D eigenvalue weighted by atomic mass is 9.97. The number of hydrogen-bond donors (Lipinski definition) is 2. The molecule has 6 nitrogen and oxygen atoms in total. The Hall–Kier alpha value is -3.58. The maximum atomic E-state index is 13.1. The molecule has 2 N–H and O–H groups in total. The van der Waals surface area contributed by atoms with E-state index in [1.165, 1.54) is 17.5 Å². The fraction of sp³-hybridized carbons (Fsp3) is 0.0909. The van der Waals surface area contributed by atoms with Gasteiger partial charge in [-0.3, -0.25) is 19.7 Å². The van der Waals surface area contributed by atoms with Gasteiger partial charge in [0, 0.05) is 22.9 Å². The first-order valence-corrected chi connectivity index (χ1v) is 9.85. The molecule has 3 aromatic rings. The largest absolute Gasteiger partial charge is 0.502 e. The molecular weight excluding hydrogens is 388 g/mol. The van der Waals surface area contributed by atoms with Gasteiger partial charge in [0.05, 0.1) is 4.88 Å². The minimum absolute atomic E-state index is 0.00662. The first-order valence-electron chi connectivity index (χ1n) is 9.04. The molecule has 2 aromatic carbocycles. The molecule has 2 amide bonds. The van der Waals surface area contributed by atoms with E-state index in [9.17, 15) is 19.5 Å². The number of rotatable bonds is 2. The smallest absolute Gasteiger partial charge is 0.293 e. The Balaban J connectivity index is 1.56. The van der Waals surface area contributed by atoms with E-state index < -0.39 is 17.6 Å². The normalized spacial score (nSPS) is 15.8. The SMILES string of the molecule is O=C1NC(=O)C(c2cnc(-c3ccc4c(c3)C(=O)c3ccccc3CC4)s2)=C1O. The predicted octanol–water partition coefficient (Wildman–Crippen LogP) is 3.07. The Morgan fingerprint density at radius 3 is 2.45 bits per heavy atom. The Labute approximate surface area is 169 Å². The lowest BCUT2D eigenvalue weighted by Crippen LogP contribution is -2.22. The Bertz CT molecular complexity index is 1260. The van der Waals surface area contributed by atoms with Crippen molar-refractivity contribution in [3.63, 3.8) is 0 Å². The van der Waals surface area contributed by atoms with Crippen molar-refractivity contribution in [3.05, 3.63) is 81.6 Å².